The molecule has 0 saturated carbocycles. The van der Waals surface area contributed by atoms with Gasteiger partial charge in [-0.25, -0.2) is 4.39 Å². The minimum atomic E-state index is -0.343. The van der Waals surface area contributed by atoms with Crippen LogP contribution in [0.2, 0.25) is 0 Å². The molecular weight excluding hydrogens is 435 g/mol. The molecule has 2 aromatic rings. The average molecular weight is 469 g/mol. The van der Waals surface area contributed by atoms with E-state index in [4.69, 9.17) is 4.74 Å². The first kappa shape index (κ1) is 23.0. The second-order valence-electron chi connectivity index (χ2n) is 9.42. The Morgan fingerprint density at radius 2 is 1.62 bits per heavy atom. The number of hydrogen-bond donors (Lipinski definition) is 0. The summed E-state index contributed by atoms with van der Waals surface area (Å²) in [6.07, 6.45) is 2.77. The smallest absolute Gasteiger partial charge is 0.254 e. The summed E-state index contributed by atoms with van der Waals surface area (Å²) in [7, 11) is 0. The summed E-state index contributed by atoms with van der Waals surface area (Å²) in [5.41, 5.74) is 0.945. The predicted octanol–water partition coefficient (Wildman–Crippen LogP) is 2.19. The van der Waals surface area contributed by atoms with Gasteiger partial charge >= 0.3 is 0 Å². The SMILES string of the molecule is Cc1ccc(C(=O)N2CCN(c3ccc(N4CCN(CC5CCCO5)CC4)nn3)CC2)cc1F. The maximum atomic E-state index is 13.9. The van der Waals surface area contributed by atoms with E-state index in [1.165, 1.54) is 18.9 Å². The number of benzene rings is 1. The molecule has 0 spiro atoms. The number of carbonyl (C=O) groups excluding carboxylic acids is 1. The Labute approximate surface area is 200 Å². The van der Waals surface area contributed by atoms with Crippen LogP contribution in [0.1, 0.15) is 28.8 Å². The van der Waals surface area contributed by atoms with Crippen LogP contribution in [0.5, 0.6) is 0 Å². The number of aromatic nitrogens is 2. The van der Waals surface area contributed by atoms with Crippen LogP contribution >= 0.6 is 0 Å². The number of aryl methyl sites for hydroxylation is 1. The topological polar surface area (TPSA) is 65.0 Å². The number of hydrogen-bond acceptors (Lipinski definition) is 7. The molecule has 1 aromatic heterocycles. The van der Waals surface area contributed by atoms with E-state index in [9.17, 15) is 9.18 Å². The Bertz CT molecular complexity index is 981. The third-order valence-electron chi connectivity index (χ3n) is 7.13. The molecule has 0 radical (unpaired) electrons. The summed E-state index contributed by atoms with van der Waals surface area (Å²) in [6.45, 7) is 10.1. The van der Waals surface area contributed by atoms with Crippen LogP contribution in [0, 0.1) is 12.7 Å². The second kappa shape index (κ2) is 10.2. The van der Waals surface area contributed by atoms with Crippen molar-refractivity contribution in [1.29, 1.82) is 0 Å². The summed E-state index contributed by atoms with van der Waals surface area (Å²) in [5.74, 6) is 1.27. The predicted molar refractivity (Wildman–Crippen MR) is 129 cm³/mol. The van der Waals surface area contributed by atoms with Crippen molar-refractivity contribution in [3.8, 4) is 0 Å². The number of rotatable bonds is 5. The van der Waals surface area contributed by atoms with Crippen LogP contribution in [0.25, 0.3) is 0 Å². The van der Waals surface area contributed by atoms with E-state index >= 15 is 0 Å². The molecule has 0 bridgehead atoms. The first-order valence-electron chi connectivity index (χ1n) is 12.3. The normalized spacial score (nSPS) is 21.8. The van der Waals surface area contributed by atoms with E-state index in [2.05, 4.69) is 24.9 Å². The molecule has 1 aromatic carbocycles. The Hall–Kier alpha value is -2.78. The van der Waals surface area contributed by atoms with E-state index in [-0.39, 0.29) is 11.7 Å². The zero-order chi connectivity index (χ0) is 23.5. The van der Waals surface area contributed by atoms with Crippen molar-refractivity contribution in [3.05, 3.63) is 47.3 Å². The molecule has 0 aliphatic carbocycles. The number of ether oxygens (including phenoxy) is 1. The van der Waals surface area contributed by atoms with Crippen LogP contribution in [0.4, 0.5) is 16.0 Å². The summed E-state index contributed by atoms with van der Waals surface area (Å²) in [4.78, 5) is 21.4. The van der Waals surface area contributed by atoms with E-state index < -0.39 is 0 Å². The number of halogens is 1. The zero-order valence-electron chi connectivity index (χ0n) is 19.8. The van der Waals surface area contributed by atoms with Gasteiger partial charge in [0.15, 0.2) is 11.6 Å². The highest BCUT2D eigenvalue weighted by Gasteiger charge is 2.25. The number of carbonyl (C=O) groups is 1. The van der Waals surface area contributed by atoms with Crippen molar-refractivity contribution in [2.45, 2.75) is 25.9 Å². The first-order valence-corrected chi connectivity index (χ1v) is 12.3. The van der Waals surface area contributed by atoms with Crippen molar-refractivity contribution in [2.75, 3.05) is 75.3 Å². The molecule has 5 rings (SSSR count). The molecule has 0 N–H and O–H groups in total. The van der Waals surface area contributed by atoms with E-state index in [0.717, 1.165) is 51.0 Å². The standard InChI is InChI=1S/C25H33FN6O2/c1-19-4-5-20(17-22(19)26)25(33)32-14-12-31(13-15-32)24-7-6-23(27-28-24)30-10-8-29(9-11-30)18-21-3-2-16-34-21/h4-7,17,21H,2-3,8-16,18H2,1H3. The lowest BCUT2D eigenvalue weighted by Gasteiger charge is -2.37. The van der Waals surface area contributed by atoms with Gasteiger partial charge < -0.3 is 19.4 Å². The fourth-order valence-electron chi connectivity index (χ4n) is 4.94. The minimum Gasteiger partial charge on any atom is -0.377 e. The molecule has 8 nitrogen and oxygen atoms in total. The van der Waals surface area contributed by atoms with E-state index in [1.807, 2.05) is 12.1 Å². The van der Waals surface area contributed by atoms with Crippen LogP contribution < -0.4 is 9.80 Å². The van der Waals surface area contributed by atoms with Crippen molar-refractivity contribution < 1.29 is 13.9 Å². The monoisotopic (exact) mass is 468 g/mol. The van der Waals surface area contributed by atoms with Gasteiger partial charge in [0.2, 0.25) is 0 Å². The molecule has 1 unspecified atom stereocenters. The maximum Gasteiger partial charge on any atom is 0.254 e. The van der Waals surface area contributed by atoms with E-state index in [1.54, 1.807) is 24.0 Å². The van der Waals surface area contributed by atoms with Crippen molar-refractivity contribution in [1.82, 2.24) is 20.0 Å². The summed E-state index contributed by atoms with van der Waals surface area (Å²) >= 11 is 0. The van der Waals surface area contributed by atoms with Gasteiger partial charge in [-0.1, -0.05) is 6.07 Å². The van der Waals surface area contributed by atoms with Crippen molar-refractivity contribution in [3.63, 3.8) is 0 Å². The molecule has 34 heavy (non-hydrogen) atoms. The van der Waals surface area contributed by atoms with Crippen LogP contribution in [0.15, 0.2) is 30.3 Å². The fraction of sp³-hybridized carbons (Fsp3) is 0.560. The van der Waals surface area contributed by atoms with Crippen molar-refractivity contribution in [2.24, 2.45) is 0 Å². The number of piperazine rings is 2. The van der Waals surface area contributed by atoms with E-state index in [0.29, 0.717) is 43.4 Å². The molecule has 4 heterocycles. The quantitative estimate of drug-likeness (QED) is 0.667. The lowest BCUT2D eigenvalue weighted by atomic mass is 10.1. The first-order chi connectivity index (χ1) is 16.6. The lowest BCUT2D eigenvalue weighted by molar-refractivity contribution is 0.0712. The summed E-state index contributed by atoms with van der Waals surface area (Å²) in [6, 6.07) is 8.74. The molecule has 182 valence electrons. The third-order valence-corrected chi connectivity index (χ3v) is 7.13. The highest BCUT2D eigenvalue weighted by molar-refractivity contribution is 5.94. The largest absolute Gasteiger partial charge is 0.377 e. The number of amides is 1. The van der Waals surface area contributed by atoms with Crippen LogP contribution in [-0.4, -0.2) is 97.5 Å². The van der Waals surface area contributed by atoms with Crippen LogP contribution in [-0.2, 0) is 4.74 Å². The zero-order valence-corrected chi connectivity index (χ0v) is 19.8. The molecule has 3 aliphatic rings. The number of nitrogens with zero attached hydrogens (tertiary/aromatic N) is 6. The molecule has 9 heteroatoms. The molecule has 1 atom stereocenters. The van der Waals surface area contributed by atoms with Gasteiger partial charge in [0, 0.05) is 71.1 Å². The van der Waals surface area contributed by atoms with Crippen molar-refractivity contribution >= 4 is 17.5 Å². The third kappa shape index (κ3) is 5.15. The Kier molecular flexibility index (Phi) is 6.92. The van der Waals surface area contributed by atoms with Gasteiger partial charge in [-0.3, -0.25) is 9.69 Å². The molecule has 3 fully saturated rings. The molecule has 3 aliphatic heterocycles. The van der Waals surface area contributed by atoms with Gasteiger partial charge in [-0.15, -0.1) is 10.2 Å². The second-order valence-corrected chi connectivity index (χ2v) is 9.42. The van der Waals surface area contributed by atoms with Gasteiger partial charge in [-0.05, 0) is 49.6 Å². The summed E-state index contributed by atoms with van der Waals surface area (Å²) < 4.78 is 19.6. The van der Waals surface area contributed by atoms with Gasteiger partial charge in [0.05, 0.1) is 6.10 Å². The highest BCUT2D eigenvalue weighted by Crippen LogP contribution is 2.20. The summed E-state index contributed by atoms with van der Waals surface area (Å²) in [5, 5.41) is 8.97. The molecular formula is C25H33FN6O2. The maximum absolute atomic E-state index is 13.9. The van der Waals surface area contributed by atoms with Gasteiger partial charge in [0.25, 0.3) is 5.91 Å². The molecule has 1 amide bonds. The van der Waals surface area contributed by atoms with Gasteiger partial charge in [0.1, 0.15) is 5.82 Å². The number of anilines is 2. The Balaban J connectivity index is 1.11. The highest BCUT2D eigenvalue weighted by atomic mass is 19.1. The molecule has 3 saturated heterocycles. The Morgan fingerprint density at radius 3 is 2.18 bits per heavy atom. The fourth-order valence-corrected chi connectivity index (χ4v) is 4.94. The Morgan fingerprint density at radius 1 is 0.971 bits per heavy atom. The van der Waals surface area contributed by atoms with Crippen LogP contribution in [0.3, 0.4) is 0 Å². The lowest BCUT2D eigenvalue weighted by Crippen LogP contribution is -2.49. The van der Waals surface area contributed by atoms with Gasteiger partial charge in [-0.2, -0.15) is 0 Å². The average Bonchev–Trinajstić information content (AvgIpc) is 3.39. The minimum absolute atomic E-state index is 0.126.